The number of nitro groups is 1. The fourth-order valence-electron chi connectivity index (χ4n) is 3.17. The molecule has 0 aliphatic heterocycles. The lowest BCUT2D eigenvalue weighted by atomic mass is 10.1. The fourth-order valence-corrected chi connectivity index (χ4v) is 3.17. The van der Waals surface area contributed by atoms with E-state index < -0.39 is 16.0 Å². The minimum absolute atomic E-state index is 0.0733. The Kier molecular flexibility index (Phi) is 3.39. The van der Waals surface area contributed by atoms with Crippen LogP contribution in [0.15, 0.2) is 15.7 Å². The van der Waals surface area contributed by atoms with Gasteiger partial charge in [0.1, 0.15) is 0 Å². The van der Waals surface area contributed by atoms with Crippen molar-refractivity contribution >= 4 is 16.7 Å². The number of nitrogens with zero attached hydrogens (tertiary/aromatic N) is 4. The zero-order valence-electron chi connectivity index (χ0n) is 12.7. The molecule has 0 fully saturated rings. The van der Waals surface area contributed by atoms with Crippen molar-refractivity contribution in [2.24, 2.45) is 0 Å². The second-order valence-corrected chi connectivity index (χ2v) is 5.77. The molecule has 0 spiro atoms. The Labute approximate surface area is 137 Å². The van der Waals surface area contributed by atoms with Gasteiger partial charge < -0.3 is 15.3 Å². The molecule has 4 rings (SSSR count). The first-order chi connectivity index (χ1) is 12.0. The van der Waals surface area contributed by atoms with E-state index in [4.69, 9.17) is 0 Å². The van der Waals surface area contributed by atoms with Crippen LogP contribution in [0.4, 0.5) is 5.69 Å². The highest BCUT2D eigenvalue weighted by Gasteiger charge is 2.31. The van der Waals surface area contributed by atoms with Crippen molar-refractivity contribution in [3.8, 4) is 0 Å². The van der Waals surface area contributed by atoms with Crippen molar-refractivity contribution in [3.05, 3.63) is 53.8 Å². The molecule has 25 heavy (non-hydrogen) atoms. The minimum atomic E-state index is -0.841. The van der Waals surface area contributed by atoms with E-state index in [0.717, 1.165) is 0 Å². The predicted molar refractivity (Wildman–Crippen MR) is 84.1 cm³/mol. The van der Waals surface area contributed by atoms with E-state index in [9.17, 15) is 19.7 Å². The molecule has 0 saturated carbocycles. The summed E-state index contributed by atoms with van der Waals surface area (Å²) in [5, 5.41) is 28.0. The Morgan fingerprint density at radius 2 is 2.00 bits per heavy atom. The van der Waals surface area contributed by atoms with E-state index >= 15 is 0 Å². The number of hydrogen-bond acceptors (Lipinski definition) is 8. The third-order valence-electron chi connectivity index (χ3n) is 4.26. The van der Waals surface area contributed by atoms with Crippen LogP contribution in [-0.2, 0) is 19.4 Å². The summed E-state index contributed by atoms with van der Waals surface area (Å²) in [5.74, 6) is 0.549. The number of fused-ring (bicyclic) bond motifs is 3. The lowest BCUT2D eigenvalue weighted by Crippen LogP contribution is -2.30. The van der Waals surface area contributed by atoms with Crippen molar-refractivity contribution in [1.29, 1.82) is 0 Å². The van der Waals surface area contributed by atoms with Crippen LogP contribution in [0, 0.1) is 10.1 Å². The van der Waals surface area contributed by atoms with Gasteiger partial charge in [0, 0.05) is 17.7 Å². The molecule has 128 valence electrons. The summed E-state index contributed by atoms with van der Waals surface area (Å²) in [4.78, 5) is 39.0. The number of hydrogen-bond donors (Lipinski definition) is 4. The Balaban J connectivity index is 1.75. The molecule has 3 aromatic rings. The average Bonchev–Trinajstić information content (AvgIpc) is 3.22. The normalized spacial score (nSPS) is 16.2. The van der Waals surface area contributed by atoms with Crippen molar-refractivity contribution < 1.29 is 4.92 Å². The second-order valence-electron chi connectivity index (χ2n) is 5.77. The van der Waals surface area contributed by atoms with Crippen LogP contribution in [0.1, 0.15) is 17.0 Å². The average molecular weight is 344 g/mol. The van der Waals surface area contributed by atoms with Crippen LogP contribution in [0.2, 0.25) is 0 Å². The lowest BCUT2D eigenvalue weighted by Gasteiger charge is -2.09. The minimum Gasteiger partial charge on any atom is -0.316 e. The molecule has 1 aliphatic rings. The summed E-state index contributed by atoms with van der Waals surface area (Å²) in [7, 11) is 0. The largest absolute Gasteiger partial charge is 0.316 e. The molecule has 12 heteroatoms. The molecule has 1 aliphatic carbocycles. The zero-order chi connectivity index (χ0) is 17.6. The predicted octanol–water partition coefficient (Wildman–Crippen LogP) is -1.11. The Bertz CT molecular complexity index is 1080. The molecule has 2 aromatic heterocycles. The highest BCUT2D eigenvalue weighted by molar-refractivity contribution is 5.83. The molecule has 4 N–H and O–H groups in total. The van der Waals surface area contributed by atoms with Gasteiger partial charge in [-0.2, -0.15) is 0 Å². The summed E-state index contributed by atoms with van der Waals surface area (Å²) < 4.78 is 0. The van der Waals surface area contributed by atoms with Crippen LogP contribution >= 0.6 is 0 Å². The van der Waals surface area contributed by atoms with Gasteiger partial charge >= 0.3 is 11.1 Å². The van der Waals surface area contributed by atoms with Crippen molar-refractivity contribution in [2.45, 2.75) is 25.4 Å². The molecule has 1 unspecified atom stereocenters. The maximum absolute atomic E-state index is 11.6. The summed E-state index contributed by atoms with van der Waals surface area (Å²) in [6.07, 6.45) is 0.890. The van der Waals surface area contributed by atoms with Gasteiger partial charge in [-0.15, -0.1) is 5.10 Å². The van der Waals surface area contributed by atoms with E-state index in [0.29, 0.717) is 41.9 Å². The molecule has 0 amide bonds. The standard InChI is InChI=1S/C13H12N8O4/c22-12-13(23)16-11-7-2-5(14-4-10-17-19-20-18-10)1-6(7)9(21(24)25)3-8(11)15-12/h3,5,14H,1-2,4H2,(H,15,22)(H,16,23)(H,17,18,19,20). The van der Waals surface area contributed by atoms with Crippen LogP contribution in [0.3, 0.4) is 0 Å². The SMILES string of the molecule is O=c1[nH]c2cc([N+](=O)[O-])c3c(c2[nH]c1=O)CC(NCc1nnn[nH]1)C3. The van der Waals surface area contributed by atoms with Crippen LogP contribution in [-0.4, -0.2) is 41.6 Å². The van der Waals surface area contributed by atoms with E-state index in [1.165, 1.54) is 6.07 Å². The van der Waals surface area contributed by atoms with Gasteiger partial charge in [0.2, 0.25) is 0 Å². The van der Waals surface area contributed by atoms with Crippen molar-refractivity contribution in [3.63, 3.8) is 0 Å². The van der Waals surface area contributed by atoms with Crippen LogP contribution in [0.25, 0.3) is 11.0 Å². The monoisotopic (exact) mass is 344 g/mol. The quantitative estimate of drug-likeness (QED) is 0.262. The maximum atomic E-state index is 11.6. The summed E-state index contributed by atoms with van der Waals surface area (Å²) >= 11 is 0. The second kappa shape index (κ2) is 5.59. The molecule has 0 bridgehead atoms. The molecule has 2 heterocycles. The summed E-state index contributed by atoms with van der Waals surface area (Å²) in [6.45, 7) is 0.380. The van der Waals surface area contributed by atoms with Gasteiger partial charge in [0.05, 0.1) is 22.5 Å². The number of nitro benzene ring substituents is 1. The number of rotatable bonds is 4. The Hall–Kier alpha value is -3.41. The van der Waals surface area contributed by atoms with Gasteiger partial charge in [-0.05, 0) is 28.8 Å². The van der Waals surface area contributed by atoms with Gasteiger partial charge in [-0.25, -0.2) is 5.10 Å². The zero-order valence-corrected chi connectivity index (χ0v) is 12.7. The Morgan fingerprint density at radius 3 is 2.72 bits per heavy atom. The summed E-state index contributed by atoms with van der Waals surface area (Å²) in [6, 6.07) is 1.20. The highest BCUT2D eigenvalue weighted by atomic mass is 16.6. The van der Waals surface area contributed by atoms with Gasteiger partial charge in [0.25, 0.3) is 5.69 Å². The number of aromatic nitrogens is 6. The summed E-state index contributed by atoms with van der Waals surface area (Å²) in [5.41, 5.74) is 0.181. The van der Waals surface area contributed by atoms with E-state index in [-0.39, 0.29) is 17.2 Å². The van der Waals surface area contributed by atoms with Crippen LogP contribution < -0.4 is 16.4 Å². The molecular formula is C13H12N8O4. The molecular weight excluding hydrogens is 332 g/mol. The first kappa shape index (κ1) is 15.1. The number of tetrazole rings is 1. The number of nitrogens with one attached hydrogen (secondary N) is 4. The molecule has 12 nitrogen and oxygen atoms in total. The highest BCUT2D eigenvalue weighted by Crippen LogP contribution is 2.35. The van der Waals surface area contributed by atoms with Crippen molar-refractivity contribution in [1.82, 2.24) is 35.9 Å². The van der Waals surface area contributed by atoms with Crippen molar-refractivity contribution in [2.75, 3.05) is 0 Å². The van der Waals surface area contributed by atoms with Crippen LogP contribution in [0.5, 0.6) is 0 Å². The van der Waals surface area contributed by atoms with Gasteiger partial charge in [-0.3, -0.25) is 19.7 Å². The first-order valence-electron chi connectivity index (χ1n) is 7.44. The Morgan fingerprint density at radius 1 is 1.24 bits per heavy atom. The number of H-pyrrole nitrogens is 3. The lowest BCUT2D eigenvalue weighted by molar-refractivity contribution is -0.385. The molecule has 0 radical (unpaired) electrons. The van der Waals surface area contributed by atoms with E-state index in [1.54, 1.807) is 0 Å². The topological polar surface area (TPSA) is 175 Å². The first-order valence-corrected chi connectivity index (χ1v) is 7.44. The third-order valence-corrected chi connectivity index (χ3v) is 4.26. The third kappa shape index (κ3) is 2.57. The molecule has 1 atom stereocenters. The van der Waals surface area contributed by atoms with Gasteiger partial charge in [0.15, 0.2) is 5.82 Å². The fraction of sp³-hybridized carbons (Fsp3) is 0.308. The molecule has 1 aromatic carbocycles. The number of benzene rings is 1. The molecule has 0 saturated heterocycles. The number of aromatic amines is 3. The maximum Gasteiger partial charge on any atom is 0.314 e. The van der Waals surface area contributed by atoms with E-state index in [1.807, 2.05) is 0 Å². The van der Waals surface area contributed by atoms with E-state index in [2.05, 4.69) is 35.9 Å². The smallest absolute Gasteiger partial charge is 0.314 e. The van der Waals surface area contributed by atoms with Gasteiger partial charge in [-0.1, -0.05) is 0 Å².